The number of aromatic nitrogens is 2. The summed E-state index contributed by atoms with van der Waals surface area (Å²) in [6.07, 6.45) is 1.89. The van der Waals surface area contributed by atoms with Crippen LogP contribution in [0.25, 0.3) is 10.9 Å². The molecule has 140 valence electrons. The molecule has 2 aliphatic rings. The van der Waals surface area contributed by atoms with Gasteiger partial charge in [-0.05, 0) is 35.4 Å². The van der Waals surface area contributed by atoms with E-state index in [0.717, 1.165) is 51.5 Å². The molecular weight excluding hydrogens is 336 g/mol. The summed E-state index contributed by atoms with van der Waals surface area (Å²) < 4.78 is 5.47. The van der Waals surface area contributed by atoms with E-state index >= 15 is 0 Å². The molecule has 1 atom stereocenters. The Morgan fingerprint density at radius 1 is 1.15 bits per heavy atom. The lowest BCUT2D eigenvalue weighted by Crippen LogP contribution is -2.36. The maximum Gasteiger partial charge on any atom is 0.0653 e. The second-order valence-electron chi connectivity index (χ2n) is 7.89. The van der Waals surface area contributed by atoms with Crippen LogP contribution in [0.1, 0.15) is 28.2 Å². The van der Waals surface area contributed by atoms with Crippen LogP contribution in [0.5, 0.6) is 0 Å². The molecule has 2 aliphatic heterocycles. The van der Waals surface area contributed by atoms with Gasteiger partial charge in [0.1, 0.15) is 0 Å². The Morgan fingerprint density at radius 2 is 2.04 bits per heavy atom. The van der Waals surface area contributed by atoms with Crippen LogP contribution in [0, 0.1) is 0 Å². The summed E-state index contributed by atoms with van der Waals surface area (Å²) in [5.41, 5.74) is 6.82. The fourth-order valence-electron chi connectivity index (χ4n) is 4.47. The number of rotatable bonds is 3. The number of benzene rings is 2. The minimum absolute atomic E-state index is 0.406. The molecule has 0 saturated carbocycles. The number of hydrogen-bond acceptors (Lipinski definition) is 4. The van der Waals surface area contributed by atoms with Gasteiger partial charge < -0.3 is 9.64 Å². The number of morpholine rings is 1. The summed E-state index contributed by atoms with van der Waals surface area (Å²) >= 11 is 0. The van der Waals surface area contributed by atoms with E-state index in [0.29, 0.717) is 5.92 Å². The third-order valence-electron chi connectivity index (χ3n) is 5.90. The van der Waals surface area contributed by atoms with Gasteiger partial charge in [0.05, 0.1) is 24.9 Å². The molecule has 1 aromatic heterocycles. The molecule has 1 saturated heterocycles. The Bertz CT molecular complexity index is 944. The minimum Gasteiger partial charge on any atom is -0.379 e. The molecule has 3 heterocycles. The number of nitrogens with one attached hydrogen (secondary N) is 1. The monoisotopic (exact) mass is 362 g/mol. The van der Waals surface area contributed by atoms with E-state index in [1.807, 2.05) is 6.20 Å². The lowest BCUT2D eigenvalue weighted by molar-refractivity contribution is 0.0341. The van der Waals surface area contributed by atoms with Crippen LogP contribution in [0.15, 0.2) is 42.6 Å². The van der Waals surface area contributed by atoms with Gasteiger partial charge in [-0.3, -0.25) is 10.00 Å². The van der Waals surface area contributed by atoms with Gasteiger partial charge in [-0.25, -0.2) is 0 Å². The Morgan fingerprint density at radius 3 is 2.93 bits per heavy atom. The zero-order valence-corrected chi connectivity index (χ0v) is 15.8. The predicted octanol–water partition coefficient (Wildman–Crippen LogP) is 2.97. The predicted molar refractivity (Wildman–Crippen MR) is 107 cm³/mol. The highest BCUT2D eigenvalue weighted by Gasteiger charge is 2.25. The third kappa shape index (κ3) is 3.38. The first-order chi connectivity index (χ1) is 13.3. The Balaban J connectivity index is 1.45. The molecule has 27 heavy (non-hydrogen) atoms. The number of hydrogen-bond donors (Lipinski definition) is 1. The Hall–Kier alpha value is -2.21. The third-order valence-corrected chi connectivity index (χ3v) is 5.90. The lowest BCUT2D eigenvalue weighted by Gasteiger charge is -2.33. The SMILES string of the molecule is CN1Cc2cc(CN3CCOCC3)ccc2C(c2ccc3cn[nH]c3c2)C1. The van der Waals surface area contributed by atoms with Gasteiger partial charge in [-0.1, -0.05) is 30.3 Å². The lowest BCUT2D eigenvalue weighted by atomic mass is 9.84. The number of aromatic amines is 1. The molecule has 3 aromatic rings. The number of H-pyrrole nitrogens is 1. The summed E-state index contributed by atoms with van der Waals surface area (Å²) in [6.45, 7) is 6.86. The molecule has 5 rings (SSSR count). The van der Waals surface area contributed by atoms with Crippen LogP contribution in [0.4, 0.5) is 0 Å². The molecule has 2 aromatic carbocycles. The molecule has 0 spiro atoms. The van der Waals surface area contributed by atoms with Crippen molar-refractivity contribution in [2.45, 2.75) is 19.0 Å². The van der Waals surface area contributed by atoms with E-state index < -0.39 is 0 Å². The quantitative estimate of drug-likeness (QED) is 0.778. The molecule has 5 nitrogen and oxygen atoms in total. The summed E-state index contributed by atoms with van der Waals surface area (Å²) in [4.78, 5) is 4.92. The van der Waals surface area contributed by atoms with Crippen molar-refractivity contribution in [3.05, 3.63) is 64.8 Å². The molecule has 0 aliphatic carbocycles. The zero-order valence-electron chi connectivity index (χ0n) is 15.8. The second kappa shape index (κ2) is 7.08. The Labute approximate surface area is 159 Å². The minimum atomic E-state index is 0.406. The average molecular weight is 362 g/mol. The van der Waals surface area contributed by atoms with Crippen molar-refractivity contribution >= 4 is 10.9 Å². The molecule has 0 radical (unpaired) electrons. The van der Waals surface area contributed by atoms with Crippen LogP contribution in [0.2, 0.25) is 0 Å². The topological polar surface area (TPSA) is 44.4 Å². The Kier molecular flexibility index (Phi) is 4.44. The average Bonchev–Trinajstić information content (AvgIpc) is 3.15. The van der Waals surface area contributed by atoms with Gasteiger partial charge in [0.25, 0.3) is 0 Å². The first-order valence-corrected chi connectivity index (χ1v) is 9.79. The maximum atomic E-state index is 5.47. The van der Waals surface area contributed by atoms with Crippen LogP contribution in [0.3, 0.4) is 0 Å². The van der Waals surface area contributed by atoms with Crippen LogP contribution >= 0.6 is 0 Å². The standard InChI is InChI=1S/C22H26N4O/c1-25-14-19-10-16(13-26-6-8-27-9-7-26)2-5-20(19)21(15-25)17-3-4-18-12-23-24-22(18)11-17/h2-5,10-12,21H,6-9,13-15H2,1H3,(H,23,24). The summed E-state index contributed by atoms with van der Waals surface area (Å²) in [7, 11) is 2.22. The van der Waals surface area contributed by atoms with Gasteiger partial charge in [-0.2, -0.15) is 5.10 Å². The number of nitrogens with zero attached hydrogens (tertiary/aromatic N) is 3. The van der Waals surface area contributed by atoms with E-state index in [1.54, 1.807) is 0 Å². The molecular formula is C22H26N4O. The normalized spacial score (nSPS) is 21.4. The van der Waals surface area contributed by atoms with Gasteiger partial charge in [-0.15, -0.1) is 0 Å². The van der Waals surface area contributed by atoms with E-state index in [9.17, 15) is 0 Å². The van der Waals surface area contributed by atoms with Gasteiger partial charge in [0.2, 0.25) is 0 Å². The highest BCUT2D eigenvalue weighted by atomic mass is 16.5. The highest BCUT2D eigenvalue weighted by molar-refractivity contribution is 5.78. The second-order valence-corrected chi connectivity index (χ2v) is 7.89. The van der Waals surface area contributed by atoms with Crippen molar-refractivity contribution in [2.75, 3.05) is 39.9 Å². The zero-order chi connectivity index (χ0) is 18.2. The van der Waals surface area contributed by atoms with Crippen molar-refractivity contribution in [1.29, 1.82) is 0 Å². The molecule has 5 heteroatoms. The smallest absolute Gasteiger partial charge is 0.0653 e. The fourth-order valence-corrected chi connectivity index (χ4v) is 4.47. The maximum absolute atomic E-state index is 5.47. The molecule has 1 unspecified atom stereocenters. The number of fused-ring (bicyclic) bond motifs is 2. The van der Waals surface area contributed by atoms with Crippen molar-refractivity contribution < 1.29 is 4.74 Å². The first-order valence-electron chi connectivity index (χ1n) is 9.79. The van der Waals surface area contributed by atoms with E-state index in [2.05, 4.69) is 63.4 Å². The summed E-state index contributed by atoms with van der Waals surface area (Å²) in [5, 5.41) is 8.44. The summed E-state index contributed by atoms with van der Waals surface area (Å²) in [5.74, 6) is 0.406. The fraction of sp³-hybridized carbons (Fsp3) is 0.409. The van der Waals surface area contributed by atoms with Crippen molar-refractivity contribution in [1.82, 2.24) is 20.0 Å². The van der Waals surface area contributed by atoms with Crippen LogP contribution < -0.4 is 0 Å². The van der Waals surface area contributed by atoms with Crippen molar-refractivity contribution in [2.24, 2.45) is 0 Å². The van der Waals surface area contributed by atoms with Crippen molar-refractivity contribution in [3.8, 4) is 0 Å². The van der Waals surface area contributed by atoms with Gasteiger partial charge in [0, 0.05) is 44.0 Å². The number of likely N-dealkylation sites (N-methyl/N-ethyl adjacent to an activating group) is 1. The van der Waals surface area contributed by atoms with E-state index in [1.165, 1.54) is 27.6 Å². The number of ether oxygens (including phenoxy) is 1. The van der Waals surface area contributed by atoms with Crippen molar-refractivity contribution in [3.63, 3.8) is 0 Å². The van der Waals surface area contributed by atoms with E-state index in [4.69, 9.17) is 4.74 Å². The molecule has 0 bridgehead atoms. The van der Waals surface area contributed by atoms with E-state index in [-0.39, 0.29) is 0 Å². The first kappa shape index (κ1) is 16.9. The molecule has 0 amide bonds. The highest BCUT2D eigenvalue weighted by Crippen LogP contribution is 2.34. The van der Waals surface area contributed by atoms with Crippen LogP contribution in [-0.4, -0.2) is 59.9 Å². The molecule has 1 N–H and O–H groups in total. The van der Waals surface area contributed by atoms with Gasteiger partial charge >= 0.3 is 0 Å². The summed E-state index contributed by atoms with van der Waals surface area (Å²) in [6, 6.07) is 13.8. The largest absolute Gasteiger partial charge is 0.379 e. The molecule has 1 fully saturated rings. The van der Waals surface area contributed by atoms with Gasteiger partial charge in [0.15, 0.2) is 0 Å². The van der Waals surface area contributed by atoms with Crippen LogP contribution in [-0.2, 0) is 17.8 Å².